The second-order valence-corrected chi connectivity index (χ2v) is 12.3. The summed E-state index contributed by atoms with van der Waals surface area (Å²) in [6.07, 6.45) is 6.68. The number of rotatable bonds is 9. The van der Waals surface area contributed by atoms with Gasteiger partial charge in [-0.3, -0.25) is 24.6 Å². The van der Waals surface area contributed by atoms with Crippen molar-refractivity contribution < 1.29 is 18.7 Å². The van der Waals surface area contributed by atoms with Gasteiger partial charge in [0, 0.05) is 86.3 Å². The first-order chi connectivity index (χ1) is 23.4. The van der Waals surface area contributed by atoms with Crippen LogP contribution in [0.3, 0.4) is 0 Å². The average Bonchev–Trinajstić information content (AvgIpc) is 3.73. The van der Waals surface area contributed by atoms with Gasteiger partial charge in [0.1, 0.15) is 5.69 Å². The Labute approximate surface area is 277 Å². The van der Waals surface area contributed by atoms with E-state index in [1.165, 1.54) is 6.20 Å². The van der Waals surface area contributed by atoms with E-state index < -0.39 is 11.2 Å². The number of nitrogens with zero attached hydrogens (tertiary/aromatic N) is 7. The number of anilines is 2. The van der Waals surface area contributed by atoms with Crippen LogP contribution in [0.15, 0.2) is 79.4 Å². The number of hydrogen-bond donors (Lipinski definition) is 2. The molecule has 1 atom stereocenters. The van der Waals surface area contributed by atoms with Crippen LogP contribution < -0.4 is 10.2 Å². The van der Waals surface area contributed by atoms with Crippen LogP contribution in [0.25, 0.3) is 33.5 Å². The maximum atomic E-state index is 14.5. The maximum Gasteiger partial charge on any atom is 0.236 e. The quantitative estimate of drug-likeness (QED) is 0.244. The van der Waals surface area contributed by atoms with E-state index in [0.29, 0.717) is 66.3 Å². The number of carbonyl (C=O) groups is 2. The fourth-order valence-corrected chi connectivity index (χ4v) is 6.64. The summed E-state index contributed by atoms with van der Waals surface area (Å²) >= 11 is 0. The van der Waals surface area contributed by atoms with Crippen LogP contribution in [0.5, 0.6) is 0 Å². The second-order valence-electron chi connectivity index (χ2n) is 12.3. The van der Waals surface area contributed by atoms with Crippen LogP contribution in [0.2, 0.25) is 0 Å². The van der Waals surface area contributed by atoms with E-state index in [0.717, 1.165) is 30.5 Å². The highest BCUT2D eigenvalue weighted by Crippen LogP contribution is 2.34. The van der Waals surface area contributed by atoms with Crippen molar-refractivity contribution in [2.45, 2.75) is 6.42 Å². The van der Waals surface area contributed by atoms with Crippen molar-refractivity contribution in [3.05, 3.63) is 85.2 Å². The molecule has 2 fully saturated rings. The molecule has 2 N–H and O–H groups in total. The Morgan fingerprint density at radius 3 is 2.54 bits per heavy atom. The fraction of sp³-hybridized carbons (Fsp3) is 0.314. The predicted molar refractivity (Wildman–Crippen MR) is 180 cm³/mol. The Morgan fingerprint density at radius 2 is 1.79 bits per heavy atom. The van der Waals surface area contributed by atoms with Crippen molar-refractivity contribution in [3.63, 3.8) is 0 Å². The molecule has 7 rings (SSSR count). The van der Waals surface area contributed by atoms with E-state index in [1.54, 1.807) is 49.8 Å². The van der Waals surface area contributed by atoms with E-state index in [1.807, 2.05) is 21.9 Å². The zero-order valence-electron chi connectivity index (χ0n) is 26.6. The third-order valence-corrected chi connectivity index (χ3v) is 9.23. The van der Waals surface area contributed by atoms with E-state index in [9.17, 15) is 14.0 Å². The number of methoxy groups -OCH3 is 1. The molecule has 2 aliphatic heterocycles. The molecule has 12 nitrogen and oxygen atoms in total. The predicted octanol–water partition coefficient (Wildman–Crippen LogP) is 3.85. The van der Waals surface area contributed by atoms with Crippen LogP contribution in [0.1, 0.15) is 6.42 Å². The lowest BCUT2D eigenvalue weighted by Gasteiger charge is -2.37. The number of halogens is 1. The van der Waals surface area contributed by atoms with Gasteiger partial charge in [0.05, 0.1) is 30.3 Å². The van der Waals surface area contributed by atoms with Crippen molar-refractivity contribution in [1.82, 2.24) is 34.9 Å². The number of aromatic nitrogens is 5. The molecule has 0 spiro atoms. The molecule has 5 aromatic rings. The Bertz CT molecular complexity index is 1910. The molecular weight excluding hydrogens is 613 g/mol. The Kier molecular flexibility index (Phi) is 8.78. The van der Waals surface area contributed by atoms with Gasteiger partial charge in [0.2, 0.25) is 11.8 Å². The fourth-order valence-electron chi connectivity index (χ4n) is 6.64. The lowest BCUT2D eigenvalue weighted by atomic mass is 9.87. The van der Waals surface area contributed by atoms with E-state index in [2.05, 4.69) is 47.5 Å². The normalized spacial score (nSPS) is 18.4. The van der Waals surface area contributed by atoms with Crippen molar-refractivity contribution >= 4 is 34.1 Å². The van der Waals surface area contributed by atoms with E-state index in [4.69, 9.17) is 4.74 Å². The molecule has 3 aromatic heterocycles. The highest BCUT2D eigenvalue weighted by molar-refractivity contribution is 6.00. The molecule has 0 aliphatic carbocycles. The lowest BCUT2D eigenvalue weighted by molar-refractivity contribution is -0.133. The first-order valence-corrected chi connectivity index (χ1v) is 15.9. The summed E-state index contributed by atoms with van der Waals surface area (Å²) in [6, 6.07) is 16.9. The van der Waals surface area contributed by atoms with Crippen LogP contribution in [-0.4, -0.2) is 106 Å². The minimum atomic E-state index is -0.823. The monoisotopic (exact) mass is 649 g/mol. The standard InChI is InChI=1S/C35H36FN9O3/c1-48-23-35(34(47)40-25-5-8-30-28(19-25)32(42-41-30)27-9-13-37-20-29(27)36)10-14-43(22-35)21-31(46)45-17-15-44(16-18-45)26-6-3-24(4-7-26)33-38-11-2-12-39-33/h2-9,11-13,19-20H,10,14-18,21-23H2,1H3,(H,40,47)(H,41,42). The number of fused-ring (bicyclic) bond motifs is 1. The second kappa shape index (κ2) is 13.5. The molecule has 2 amide bonds. The van der Waals surface area contributed by atoms with E-state index >= 15 is 0 Å². The van der Waals surface area contributed by atoms with E-state index in [-0.39, 0.29) is 25.0 Å². The molecule has 0 radical (unpaired) electrons. The van der Waals surface area contributed by atoms with Gasteiger partial charge < -0.3 is 19.9 Å². The molecule has 246 valence electrons. The topological polar surface area (TPSA) is 132 Å². The average molecular weight is 650 g/mol. The van der Waals surface area contributed by atoms with Crippen LogP contribution in [0.4, 0.5) is 15.8 Å². The summed E-state index contributed by atoms with van der Waals surface area (Å²) in [6.45, 7) is 4.19. The van der Waals surface area contributed by atoms with Gasteiger partial charge >= 0.3 is 0 Å². The first-order valence-electron chi connectivity index (χ1n) is 15.9. The van der Waals surface area contributed by atoms with Crippen LogP contribution >= 0.6 is 0 Å². The molecule has 5 heterocycles. The summed E-state index contributed by atoms with van der Waals surface area (Å²) in [7, 11) is 1.58. The molecule has 48 heavy (non-hydrogen) atoms. The minimum absolute atomic E-state index is 0.0566. The molecule has 0 bridgehead atoms. The number of carbonyl (C=O) groups excluding carboxylic acids is 2. The van der Waals surface area contributed by atoms with Crippen molar-refractivity contribution in [2.75, 3.05) is 69.7 Å². The Morgan fingerprint density at radius 1 is 1.00 bits per heavy atom. The van der Waals surface area contributed by atoms with Crippen molar-refractivity contribution in [1.29, 1.82) is 0 Å². The summed E-state index contributed by atoms with van der Waals surface area (Å²) in [4.78, 5) is 45.9. The van der Waals surface area contributed by atoms with Gasteiger partial charge in [0.25, 0.3) is 0 Å². The summed E-state index contributed by atoms with van der Waals surface area (Å²) < 4.78 is 20.0. The van der Waals surface area contributed by atoms with Gasteiger partial charge in [0.15, 0.2) is 11.6 Å². The van der Waals surface area contributed by atoms with Gasteiger partial charge in [-0.05, 0) is 67.6 Å². The number of aromatic amines is 1. The largest absolute Gasteiger partial charge is 0.384 e. The molecular formula is C35H36FN9O3. The maximum absolute atomic E-state index is 14.5. The number of H-pyrrole nitrogens is 1. The number of benzene rings is 2. The third-order valence-electron chi connectivity index (χ3n) is 9.23. The SMILES string of the molecule is COCC1(C(=O)Nc2ccc3[nH]nc(-c4ccncc4F)c3c2)CCN(CC(=O)N2CCN(c3ccc(-c4ncccn4)cc3)CC2)C1. The number of piperazine rings is 1. The number of ether oxygens (including phenoxy) is 1. The molecule has 13 heteroatoms. The highest BCUT2D eigenvalue weighted by atomic mass is 19.1. The van der Waals surface area contributed by atoms with Crippen LogP contribution in [-0.2, 0) is 14.3 Å². The summed E-state index contributed by atoms with van der Waals surface area (Å²) in [5.74, 6) is 0.0856. The molecule has 2 aliphatic rings. The third kappa shape index (κ3) is 6.34. The van der Waals surface area contributed by atoms with Crippen LogP contribution in [0, 0.1) is 11.2 Å². The van der Waals surface area contributed by atoms with Gasteiger partial charge in [-0.15, -0.1) is 0 Å². The summed E-state index contributed by atoms with van der Waals surface area (Å²) in [5.41, 5.74) is 3.28. The first kappa shape index (κ1) is 31.3. The number of amides is 2. The molecule has 1 unspecified atom stereocenters. The number of pyridine rings is 1. The molecule has 2 aromatic carbocycles. The van der Waals surface area contributed by atoms with Gasteiger partial charge in [-0.2, -0.15) is 5.10 Å². The highest BCUT2D eigenvalue weighted by Gasteiger charge is 2.45. The van der Waals surface area contributed by atoms with Crippen molar-refractivity contribution in [3.8, 4) is 22.6 Å². The molecule has 2 saturated heterocycles. The van der Waals surface area contributed by atoms with Gasteiger partial charge in [-0.1, -0.05) is 0 Å². The lowest BCUT2D eigenvalue weighted by Crippen LogP contribution is -2.51. The number of hydrogen-bond acceptors (Lipinski definition) is 9. The zero-order valence-corrected chi connectivity index (χ0v) is 26.6. The zero-order chi connectivity index (χ0) is 33.1. The number of nitrogens with one attached hydrogen (secondary N) is 2. The van der Waals surface area contributed by atoms with Gasteiger partial charge in [-0.25, -0.2) is 14.4 Å². The Balaban J connectivity index is 0.958. The van der Waals surface area contributed by atoms with Crippen molar-refractivity contribution in [2.24, 2.45) is 5.41 Å². The summed E-state index contributed by atoms with van der Waals surface area (Å²) in [5, 5.41) is 11.0. The minimum Gasteiger partial charge on any atom is -0.384 e. The number of likely N-dealkylation sites (tertiary alicyclic amines) is 1. The molecule has 0 saturated carbocycles. The Hall–Kier alpha value is -5.27. The smallest absolute Gasteiger partial charge is 0.236 e.